The SMILES string of the molecule is COCCNC(=O)c1c(NC(=O)c2ccccc2OC)sc2c1CCCC2. The summed E-state index contributed by atoms with van der Waals surface area (Å²) in [6, 6.07) is 7.05. The van der Waals surface area contributed by atoms with Gasteiger partial charge in [0.05, 0.1) is 24.8 Å². The first-order valence-corrected chi connectivity index (χ1v) is 9.83. The number of carbonyl (C=O) groups is 2. The summed E-state index contributed by atoms with van der Waals surface area (Å²) in [7, 11) is 3.13. The lowest BCUT2D eigenvalue weighted by Crippen LogP contribution is -2.28. The van der Waals surface area contributed by atoms with Crippen LogP contribution in [-0.2, 0) is 17.6 Å². The molecule has 2 amide bonds. The van der Waals surface area contributed by atoms with E-state index in [0.717, 1.165) is 31.2 Å². The summed E-state index contributed by atoms with van der Waals surface area (Å²) in [5, 5.41) is 6.42. The van der Waals surface area contributed by atoms with Crippen LogP contribution in [0.5, 0.6) is 5.75 Å². The molecular weight excluding hydrogens is 364 g/mol. The Bertz CT molecular complexity index is 831. The van der Waals surface area contributed by atoms with Gasteiger partial charge >= 0.3 is 0 Å². The molecule has 0 bridgehead atoms. The maximum Gasteiger partial charge on any atom is 0.260 e. The number of ether oxygens (including phenoxy) is 2. The molecule has 0 saturated carbocycles. The molecule has 0 aliphatic heterocycles. The van der Waals surface area contributed by atoms with Gasteiger partial charge in [0.1, 0.15) is 10.8 Å². The second kappa shape index (κ2) is 9.01. The third-order valence-electron chi connectivity index (χ3n) is 4.57. The Morgan fingerprint density at radius 1 is 1.11 bits per heavy atom. The van der Waals surface area contributed by atoms with Crippen molar-refractivity contribution in [3.8, 4) is 5.75 Å². The summed E-state index contributed by atoms with van der Waals surface area (Å²) in [5.74, 6) is 0.0566. The summed E-state index contributed by atoms with van der Waals surface area (Å²) in [6.07, 6.45) is 3.98. The van der Waals surface area contributed by atoms with Gasteiger partial charge in [-0.15, -0.1) is 11.3 Å². The number of nitrogens with one attached hydrogen (secondary N) is 2. The number of amides is 2. The lowest BCUT2D eigenvalue weighted by atomic mass is 9.95. The number of rotatable bonds is 7. The minimum Gasteiger partial charge on any atom is -0.496 e. The van der Waals surface area contributed by atoms with E-state index >= 15 is 0 Å². The van der Waals surface area contributed by atoms with Crippen molar-refractivity contribution in [2.45, 2.75) is 25.7 Å². The van der Waals surface area contributed by atoms with Crippen LogP contribution in [0.25, 0.3) is 0 Å². The molecule has 2 aromatic rings. The van der Waals surface area contributed by atoms with Crippen molar-refractivity contribution in [1.82, 2.24) is 5.32 Å². The van der Waals surface area contributed by atoms with Crippen LogP contribution in [0.1, 0.15) is 44.0 Å². The molecule has 0 radical (unpaired) electrons. The Morgan fingerprint density at radius 3 is 2.67 bits per heavy atom. The fourth-order valence-electron chi connectivity index (χ4n) is 3.25. The van der Waals surface area contributed by atoms with E-state index in [1.807, 2.05) is 6.07 Å². The minimum atomic E-state index is -0.281. The predicted molar refractivity (Wildman–Crippen MR) is 106 cm³/mol. The normalized spacial score (nSPS) is 13.0. The van der Waals surface area contributed by atoms with Crippen LogP contribution in [0.2, 0.25) is 0 Å². The maximum atomic E-state index is 12.8. The summed E-state index contributed by atoms with van der Waals surface area (Å²) in [5.41, 5.74) is 2.10. The fourth-order valence-corrected chi connectivity index (χ4v) is 4.53. The molecule has 1 heterocycles. The van der Waals surface area contributed by atoms with E-state index in [9.17, 15) is 9.59 Å². The zero-order chi connectivity index (χ0) is 19.2. The van der Waals surface area contributed by atoms with E-state index in [-0.39, 0.29) is 11.8 Å². The van der Waals surface area contributed by atoms with Gasteiger partial charge in [-0.3, -0.25) is 9.59 Å². The zero-order valence-corrected chi connectivity index (χ0v) is 16.4. The molecule has 27 heavy (non-hydrogen) atoms. The van der Waals surface area contributed by atoms with Crippen molar-refractivity contribution < 1.29 is 19.1 Å². The van der Waals surface area contributed by atoms with Crippen LogP contribution in [-0.4, -0.2) is 39.2 Å². The topological polar surface area (TPSA) is 76.7 Å². The highest BCUT2D eigenvalue weighted by Crippen LogP contribution is 2.38. The van der Waals surface area contributed by atoms with Crippen LogP contribution >= 0.6 is 11.3 Å². The number of aryl methyl sites for hydroxylation is 1. The molecule has 144 valence electrons. The van der Waals surface area contributed by atoms with Crippen LogP contribution in [0.3, 0.4) is 0 Å². The van der Waals surface area contributed by atoms with Crippen molar-refractivity contribution in [1.29, 1.82) is 0 Å². The number of anilines is 1. The van der Waals surface area contributed by atoms with E-state index < -0.39 is 0 Å². The van der Waals surface area contributed by atoms with Crippen LogP contribution in [0.15, 0.2) is 24.3 Å². The molecule has 1 aromatic heterocycles. The average Bonchev–Trinajstić information content (AvgIpc) is 3.05. The molecule has 0 atom stereocenters. The highest BCUT2D eigenvalue weighted by Gasteiger charge is 2.26. The third kappa shape index (κ3) is 4.31. The first-order valence-electron chi connectivity index (χ1n) is 9.01. The van der Waals surface area contributed by atoms with Gasteiger partial charge < -0.3 is 20.1 Å². The molecule has 7 heteroatoms. The molecule has 0 unspecified atom stereocenters. The lowest BCUT2D eigenvalue weighted by Gasteiger charge is -2.13. The standard InChI is InChI=1S/C20H24N2O4S/c1-25-12-11-21-19(24)17-14-8-4-6-10-16(14)27-20(17)22-18(23)13-7-3-5-9-15(13)26-2/h3,5,7,9H,4,6,8,10-12H2,1-2H3,(H,21,24)(H,22,23). The fraction of sp³-hybridized carbons (Fsp3) is 0.400. The number of hydrogen-bond donors (Lipinski definition) is 2. The van der Waals surface area contributed by atoms with E-state index in [0.29, 0.717) is 35.0 Å². The molecule has 1 aliphatic carbocycles. The second-order valence-corrected chi connectivity index (χ2v) is 7.42. The number of methoxy groups -OCH3 is 2. The first-order chi connectivity index (χ1) is 13.2. The van der Waals surface area contributed by atoms with E-state index in [2.05, 4.69) is 10.6 Å². The van der Waals surface area contributed by atoms with Gasteiger partial charge in [-0.25, -0.2) is 0 Å². The quantitative estimate of drug-likeness (QED) is 0.714. The lowest BCUT2D eigenvalue weighted by molar-refractivity contribution is 0.0937. The molecule has 1 aromatic carbocycles. The van der Waals surface area contributed by atoms with Gasteiger partial charge in [0.25, 0.3) is 11.8 Å². The van der Waals surface area contributed by atoms with E-state index in [4.69, 9.17) is 9.47 Å². The van der Waals surface area contributed by atoms with Gasteiger partial charge in [-0.1, -0.05) is 12.1 Å². The van der Waals surface area contributed by atoms with E-state index in [1.165, 1.54) is 23.3 Å². The molecule has 2 N–H and O–H groups in total. The molecule has 1 aliphatic rings. The van der Waals surface area contributed by atoms with Gasteiger partial charge in [0.15, 0.2) is 0 Å². The third-order valence-corrected chi connectivity index (χ3v) is 5.78. The largest absolute Gasteiger partial charge is 0.496 e. The van der Waals surface area contributed by atoms with Crippen LogP contribution in [0.4, 0.5) is 5.00 Å². The Hall–Kier alpha value is -2.38. The Labute approximate surface area is 162 Å². The second-order valence-electron chi connectivity index (χ2n) is 6.32. The smallest absolute Gasteiger partial charge is 0.260 e. The van der Waals surface area contributed by atoms with Crippen molar-refractivity contribution in [2.24, 2.45) is 0 Å². The number of thiophene rings is 1. The van der Waals surface area contributed by atoms with Crippen molar-refractivity contribution >= 4 is 28.2 Å². The molecular formula is C20H24N2O4S. The minimum absolute atomic E-state index is 0.165. The maximum absolute atomic E-state index is 12.8. The van der Waals surface area contributed by atoms with E-state index in [1.54, 1.807) is 25.3 Å². The monoisotopic (exact) mass is 388 g/mol. The van der Waals surface area contributed by atoms with Gasteiger partial charge in [-0.05, 0) is 43.4 Å². The Balaban J connectivity index is 1.89. The predicted octanol–water partition coefficient (Wildman–Crippen LogP) is 3.26. The summed E-state index contributed by atoms with van der Waals surface area (Å²) in [6.45, 7) is 0.876. The average molecular weight is 388 g/mol. The number of carbonyl (C=O) groups excluding carboxylic acids is 2. The van der Waals surface area contributed by atoms with Crippen molar-refractivity contribution in [2.75, 3.05) is 32.7 Å². The summed E-state index contributed by atoms with van der Waals surface area (Å²) in [4.78, 5) is 26.8. The van der Waals surface area contributed by atoms with Gasteiger partial charge in [0.2, 0.25) is 0 Å². The van der Waals surface area contributed by atoms with Crippen molar-refractivity contribution in [3.05, 3.63) is 45.8 Å². The Kier molecular flexibility index (Phi) is 6.47. The first kappa shape index (κ1) is 19.4. The molecule has 3 rings (SSSR count). The highest BCUT2D eigenvalue weighted by molar-refractivity contribution is 7.17. The van der Waals surface area contributed by atoms with Gasteiger partial charge in [-0.2, -0.15) is 0 Å². The summed E-state index contributed by atoms with van der Waals surface area (Å²) < 4.78 is 10.3. The highest BCUT2D eigenvalue weighted by atomic mass is 32.1. The summed E-state index contributed by atoms with van der Waals surface area (Å²) >= 11 is 1.50. The van der Waals surface area contributed by atoms with Crippen molar-refractivity contribution in [3.63, 3.8) is 0 Å². The van der Waals surface area contributed by atoms with Crippen LogP contribution in [0, 0.1) is 0 Å². The zero-order valence-electron chi connectivity index (χ0n) is 15.6. The van der Waals surface area contributed by atoms with Gasteiger partial charge in [0, 0.05) is 18.5 Å². The number of para-hydroxylation sites is 1. The van der Waals surface area contributed by atoms with Crippen LogP contribution < -0.4 is 15.4 Å². The molecule has 0 fully saturated rings. The molecule has 0 spiro atoms. The Morgan fingerprint density at radius 2 is 1.89 bits per heavy atom. The number of hydrogen-bond acceptors (Lipinski definition) is 5. The molecule has 6 nitrogen and oxygen atoms in total. The number of benzene rings is 1. The number of fused-ring (bicyclic) bond motifs is 1. The molecule has 0 saturated heterocycles.